The number of nitrogens with one attached hydrogen (secondary N) is 4. The SMILES string of the molecule is CC1CCNC2NN(CNCCNC3CCCCC3Cl)CN12. The first kappa shape index (κ1) is 16.9. The van der Waals surface area contributed by atoms with Crippen LogP contribution in [0.4, 0.5) is 0 Å². The fourth-order valence-corrected chi connectivity index (χ4v) is 4.06. The molecule has 1 aliphatic carbocycles. The van der Waals surface area contributed by atoms with Gasteiger partial charge in [-0.15, -0.1) is 11.6 Å². The molecule has 2 saturated heterocycles. The number of hydrazine groups is 1. The molecule has 0 spiro atoms. The zero-order valence-electron chi connectivity index (χ0n) is 13.7. The Labute approximate surface area is 139 Å². The van der Waals surface area contributed by atoms with Crippen LogP contribution in [0.3, 0.4) is 0 Å². The predicted octanol–water partition coefficient (Wildman–Crippen LogP) is 0.418. The fraction of sp³-hybridized carbons (Fsp3) is 1.00. The molecular formula is C15H31ClN6. The molecule has 0 aromatic heterocycles. The summed E-state index contributed by atoms with van der Waals surface area (Å²) in [6.07, 6.45) is 6.52. The third kappa shape index (κ3) is 4.32. The van der Waals surface area contributed by atoms with Crippen LogP contribution in [0.15, 0.2) is 0 Å². The van der Waals surface area contributed by atoms with Crippen LogP contribution in [0, 0.1) is 0 Å². The van der Waals surface area contributed by atoms with E-state index >= 15 is 0 Å². The van der Waals surface area contributed by atoms with Gasteiger partial charge < -0.3 is 10.6 Å². The predicted molar refractivity (Wildman–Crippen MR) is 90.3 cm³/mol. The van der Waals surface area contributed by atoms with Crippen molar-refractivity contribution < 1.29 is 0 Å². The summed E-state index contributed by atoms with van der Waals surface area (Å²) in [6, 6.07) is 1.15. The van der Waals surface area contributed by atoms with Crippen LogP contribution in [-0.4, -0.2) is 66.6 Å². The third-order valence-corrected chi connectivity index (χ3v) is 5.65. The van der Waals surface area contributed by atoms with Gasteiger partial charge in [-0.3, -0.25) is 10.2 Å². The van der Waals surface area contributed by atoms with Crippen molar-refractivity contribution in [2.24, 2.45) is 0 Å². The Kier molecular flexibility index (Phi) is 6.33. The number of rotatable bonds is 6. The smallest absolute Gasteiger partial charge is 0.128 e. The Hall–Kier alpha value is 0.0500. The zero-order valence-corrected chi connectivity index (χ0v) is 14.4. The molecule has 4 N–H and O–H groups in total. The molecule has 2 aliphatic heterocycles. The van der Waals surface area contributed by atoms with Crippen molar-refractivity contribution in [1.82, 2.24) is 31.3 Å². The lowest BCUT2D eigenvalue weighted by molar-refractivity contribution is 0.109. The second kappa shape index (κ2) is 8.24. The molecule has 4 unspecified atom stereocenters. The average Bonchev–Trinajstić information content (AvgIpc) is 2.93. The van der Waals surface area contributed by atoms with Crippen molar-refractivity contribution in [3.05, 3.63) is 0 Å². The molecule has 7 heteroatoms. The molecule has 3 rings (SSSR count). The number of alkyl halides is 1. The minimum Gasteiger partial charge on any atom is -0.311 e. The molecule has 3 aliphatic rings. The van der Waals surface area contributed by atoms with Crippen LogP contribution in [0.2, 0.25) is 0 Å². The summed E-state index contributed by atoms with van der Waals surface area (Å²) in [5.74, 6) is 0. The van der Waals surface area contributed by atoms with E-state index < -0.39 is 0 Å². The number of hydrogen-bond donors (Lipinski definition) is 4. The van der Waals surface area contributed by atoms with Crippen molar-refractivity contribution in [2.45, 2.75) is 62.8 Å². The minimum absolute atomic E-state index is 0.308. The normalized spacial score (nSPS) is 37.4. The topological polar surface area (TPSA) is 54.6 Å². The summed E-state index contributed by atoms with van der Waals surface area (Å²) >= 11 is 6.37. The van der Waals surface area contributed by atoms with E-state index in [4.69, 9.17) is 11.6 Å². The van der Waals surface area contributed by atoms with Crippen LogP contribution in [0.5, 0.6) is 0 Å². The molecule has 0 bridgehead atoms. The molecule has 2 heterocycles. The van der Waals surface area contributed by atoms with E-state index in [0.717, 1.165) is 39.4 Å². The van der Waals surface area contributed by atoms with E-state index in [9.17, 15) is 0 Å². The summed E-state index contributed by atoms with van der Waals surface area (Å²) in [4.78, 5) is 2.48. The highest BCUT2D eigenvalue weighted by molar-refractivity contribution is 6.21. The Balaban J connectivity index is 1.28. The van der Waals surface area contributed by atoms with Gasteiger partial charge in [0.2, 0.25) is 0 Å². The summed E-state index contributed by atoms with van der Waals surface area (Å²) in [7, 11) is 0. The fourth-order valence-electron chi connectivity index (χ4n) is 3.69. The maximum absolute atomic E-state index is 6.37. The van der Waals surface area contributed by atoms with Gasteiger partial charge in [-0.05, 0) is 32.7 Å². The molecule has 0 amide bonds. The molecule has 0 aromatic carbocycles. The second-order valence-electron chi connectivity index (χ2n) is 6.84. The van der Waals surface area contributed by atoms with Crippen molar-refractivity contribution in [3.63, 3.8) is 0 Å². The summed E-state index contributed by atoms with van der Waals surface area (Å²) in [5, 5.41) is 13.2. The van der Waals surface area contributed by atoms with Gasteiger partial charge in [0.15, 0.2) is 0 Å². The quantitative estimate of drug-likeness (QED) is 0.418. The van der Waals surface area contributed by atoms with E-state index in [2.05, 4.69) is 38.2 Å². The molecule has 128 valence electrons. The highest BCUT2D eigenvalue weighted by Gasteiger charge is 2.34. The van der Waals surface area contributed by atoms with Gasteiger partial charge in [-0.1, -0.05) is 12.8 Å². The van der Waals surface area contributed by atoms with Crippen molar-refractivity contribution >= 4 is 11.6 Å². The summed E-state index contributed by atoms with van der Waals surface area (Å²) in [5.41, 5.74) is 3.51. The van der Waals surface area contributed by atoms with Gasteiger partial charge >= 0.3 is 0 Å². The van der Waals surface area contributed by atoms with Crippen LogP contribution in [0.1, 0.15) is 39.0 Å². The first-order valence-electron chi connectivity index (χ1n) is 8.82. The summed E-state index contributed by atoms with van der Waals surface area (Å²) in [6.45, 7) is 7.23. The number of fused-ring (bicyclic) bond motifs is 1. The first-order chi connectivity index (χ1) is 10.7. The second-order valence-corrected chi connectivity index (χ2v) is 7.40. The Bertz CT molecular complexity index is 344. The highest BCUT2D eigenvalue weighted by atomic mass is 35.5. The van der Waals surface area contributed by atoms with E-state index in [-0.39, 0.29) is 0 Å². The van der Waals surface area contributed by atoms with E-state index in [0.29, 0.717) is 23.8 Å². The standard InChI is InChI=1S/C15H31ClN6/c1-12-6-7-19-15-20-21(11-22(12)15)10-17-8-9-18-14-5-3-2-4-13(14)16/h12-15,17-20H,2-11H2,1H3. The van der Waals surface area contributed by atoms with Crippen molar-refractivity contribution in [1.29, 1.82) is 0 Å². The molecule has 3 fully saturated rings. The maximum Gasteiger partial charge on any atom is 0.128 e. The molecule has 0 aromatic rings. The molecule has 6 nitrogen and oxygen atoms in total. The zero-order chi connectivity index (χ0) is 15.4. The van der Waals surface area contributed by atoms with Gasteiger partial charge in [-0.25, -0.2) is 10.4 Å². The van der Waals surface area contributed by atoms with Crippen LogP contribution >= 0.6 is 11.6 Å². The van der Waals surface area contributed by atoms with Gasteiger partial charge in [0, 0.05) is 30.6 Å². The monoisotopic (exact) mass is 330 g/mol. The summed E-state index contributed by atoms with van der Waals surface area (Å²) < 4.78 is 0. The molecule has 22 heavy (non-hydrogen) atoms. The van der Waals surface area contributed by atoms with Crippen LogP contribution in [0.25, 0.3) is 0 Å². The number of nitrogens with zero attached hydrogens (tertiary/aromatic N) is 2. The van der Waals surface area contributed by atoms with Crippen LogP contribution < -0.4 is 21.4 Å². The lowest BCUT2D eigenvalue weighted by Crippen LogP contribution is -2.56. The van der Waals surface area contributed by atoms with Crippen LogP contribution in [-0.2, 0) is 0 Å². The Morgan fingerprint density at radius 3 is 2.86 bits per heavy atom. The van der Waals surface area contributed by atoms with Gasteiger partial charge in [0.1, 0.15) is 6.29 Å². The number of halogens is 1. The first-order valence-corrected chi connectivity index (χ1v) is 9.26. The molecule has 4 atom stereocenters. The lowest BCUT2D eigenvalue weighted by Gasteiger charge is -2.34. The van der Waals surface area contributed by atoms with Gasteiger partial charge in [-0.2, -0.15) is 0 Å². The van der Waals surface area contributed by atoms with Crippen molar-refractivity contribution in [2.75, 3.05) is 33.0 Å². The van der Waals surface area contributed by atoms with E-state index in [1.54, 1.807) is 0 Å². The van der Waals surface area contributed by atoms with E-state index in [1.807, 2.05) is 0 Å². The van der Waals surface area contributed by atoms with Gasteiger partial charge in [0.25, 0.3) is 0 Å². The minimum atomic E-state index is 0.308. The maximum atomic E-state index is 6.37. The lowest BCUT2D eigenvalue weighted by atomic mass is 9.95. The average molecular weight is 331 g/mol. The Morgan fingerprint density at radius 2 is 2.05 bits per heavy atom. The van der Waals surface area contributed by atoms with Crippen molar-refractivity contribution in [3.8, 4) is 0 Å². The largest absolute Gasteiger partial charge is 0.311 e. The molecule has 0 radical (unpaired) electrons. The molecule has 1 saturated carbocycles. The Morgan fingerprint density at radius 1 is 1.18 bits per heavy atom. The highest BCUT2D eigenvalue weighted by Crippen LogP contribution is 2.22. The number of hydrogen-bond acceptors (Lipinski definition) is 6. The molecular weight excluding hydrogens is 300 g/mol. The van der Waals surface area contributed by atoms with Gasteiger partial charge in [0.05, 0.1) is 13.3 Å². The third-order valence-electron chi connectivity index (χ3n) is 5.13. The van der Waals surface area contributed by atoms with E-state index in [1.165, 1.54) is 25.7 Å².